The summed E-state index contributed by atoms with van der Waals surface area (Å²) in [5.74, 6) is 0.733. The van der Waals surface area contributed by atoms with E-state index in [-0.39, 0.29) is 23.6 Å². The molecule has 10 heteroatoms. The zero-order valence-electron chi connectivity index (χ0n) is 22.7. The largest absolute Gasteiger partial charge is 0.394 e. The van der Waals surface area contributed by atoms with E-state index in [1.165, 1.54) is 0 Å². The molecule has 1 saturated heterocycles. The normalized spacial score (nSPS) is 17.3. The SMILES string of the molecule is Cc1cccnc1C(=O)NC1(C)CCN(c2ccc(-c3cc(NC4(CO)CC4)cn4ncc(C#N)c34)cn2)CC1. The standard InChI is InChI=1S/C30H32N8O2/c1-20-4-3-11-32-26(20)28(40)36-29(2)9-12-37(13-10-29)25-6-5-21(16-33-25)24-14-23(35-30(19-39)7-8-30)18-38-27(24)22(15-31)17-34-38/h3-6,11,14,16-18,35,39H,7-10,12-13,19H2,1-2H3,(H,36,40). The number of aliphatic hydroxyl groups excluding tert-OH is 1. The molecule has 0 spiro atoms. The van der Waals surface area contributed by atoms with Crippen LogP contribution in [0.1, 0.15) is 54.2 Å². The number of aliphatic hydroxyl groups is 1. The van der Waals surface area contributed by atoms with Crippen molar-refractivity contribution in [3.05, 3.63) is 71.9 Å². The number of anilines is 2. The highest BCUT2D eigenvalue weighted by Crippen LogP contribution is 2.40. The van der Waals surface area contributed by atoms with E-state index in [1.807, 2.05) is 49.6 Å². The van der Waals surface area contributed by atoms with Gasteiger partial charge < -0.3 is 20.6 Å². The van der Waals surface area contributed by atoms with Crippen LogP contribution in [0.3, 0.4) is 0 Å². The highest BCUT2D eigenvalue weighted by Gasteiger charge is 2.42. The van der Waals surface area contributed by atoms with Crippen molar-refractivity contribution >= 4 is 22.9 Å². The smallest absolute Gasteiger partial charge is 0.270 e. The maximum Gasteiger partial charge on any atom is 0.270 e. The minimum Gasteiger partial charge on any atom is -0.394 e. The Kier molecular flexibility index (Phi) is 6.39. The zero-order chi connectivity index (χ0) is 27.9. The first kappa shape index (κ1) is 25.8. The van der Waals surface area contributed by atoms with Crippen LogP contribution in [0, 0.1) is 18.3 Å². The van der Waals surface area contributed by atoms with Crippen LogP contribution >= 0.6 is 0 Å². The fraction of sp³-hybridized carbons (Fsp3) is 0.367. The minimum absolute atomic E-state index is 0.0700. The van der Waals surface area contributed by atoms with Gasteiger partial charge in [-0.3, -0.25) is 9.78 Å². The average molecular weight is 537 g/mol. The van der Waals surface area contributed by atoms with Gasteiger partial charge in [0.2, 0.25) is 0 Å². The third-order valence-electron chi connectivity index (χ3n) is 8.19. The summed E-state index contributed by atoms with van der Waals surface area (Å²) in [6.07, 6.45) is 10.3. The molecule has 0 unspecified atom stereocenters. The highest BCUT2D eigenvalue weighted by atomic mass is 16.3. The Morgan fingerprint density at radius 2 is 1.95 bits per heavy atom. The molecule has 1 amide bonds. The quantitative estimate of drug-likeness (QED) is 0.326. The molecule has 2 aliphatic rings. The molecular formula is C30H32N8O2. The van der Waals surface area contributed by atoms with Gasteiger partial charge in [0, 0.05) is 42.1 Å². The Balaban J connectivity index is 1.19. The van der Waals surface area contributed by atoms with Crippen LogP contribution in [0.25, 0.3) is 16.6 Å². The Bertz CT molecular complexity index is 1610. The molecule has 0 aromatic carbocycles. The summed E-state index contributed by atoms with van der Waals surface area (Å²) >= 11 is 0. The Labute approximate surface area is 232 Å². The lowest BCUT2D eigenvalue weighted by Crippen LogP contribution is -2.53. The molecule has 1 aliphatic carbocycles. The lowest BCUT2D eigenvalue weighted by molar-refractivity contribution is 0.0885. The number of nitrogens with one attached hydrogen (secondary N) is 2. The molecule has 1 aliphatic heterocycles. The highest BCUT2D eigenvalue weighted by molar-refractivity contribution is 5.94. The van der Waals surface area contributed by atoms with E-state index in [4.69, 9.17) is 4.98 Å². The lowest BCUT2D eigenvalue weighted by Gasteiger charge is -2.40. The number of nitriles is 1. The van der Waals surface area contributed by atoms with E-state index in [9.17, 15) is 15.2 Å². The van der Waals surface area contributed by atoms with Crippen LogP contribution in [-0.2, 0) is 0 Å². The molecule has 0 atom stereocenters. The number of fused-ring (bicyclic) bond motifs is 1. The van der Waals surface area contributed by atoms with Crippen LogP contribution < -0.4 is 15.5 Å². The molecule has 6 rings (SSSR count). The average Bonchev–Trinajstić information content (AvgIpc) is 3.61. The summed E-state index contributed by atoms with van der Waals surface area (Å²) in [4.78, 5) is 24.1. The van der Waals surface area contributed by atoms with E-state index in [1.54, 1.807) is 16.9 Å². The van der Waals surface area contributed by atoms with Gasteiger partial charge in [0.05, 0.1) is 41.3 Å². The summed E-state index contributed by atoms with van der Waals surface area (Å²) in [6.45, 7) is 5.58. The molecule has 3 N–H and O–H groups in total. The molecular weight excluding hydrogens is 504 g/mol. The van der Waals surface area contributed by atoms with Crippen molar-refractivity contribution in [1.29, 1.82) is 5.26 Å². The van der Waals surface area contributed by atoms with Gasteiger partial charge >= 0.3 is 0 Å². The van der Waals surface area contributed by atoms with Crippen LogP contribution in [0.4, 0.5) is 11.5 Å². The second-order valence-corrected chi connectivity index (χ2v) is 11.2. The van der Waals surface area contributed by atoms with Gasteiger partial charge in [0.25, 0.3) is 5.91 Å². The summed E-state index contributed by atoms with van der Waals surface area (Å²) < 4.78 is 1.71. The molecule has 204 valence electrons. The maximum absolute atomic E-state index is 12.9. The van der Waals surface area contributed by atoms with Crippen LogP contribution in [-0.4, -0.2) is 61.4 Å². The molecule has 5 heterocycles. The van der Waals surface area contributed by atoms with Gasteiger partial charge in [-0.05, 0) is 69.4 Å². The van der Waals surface area contributed by atoms with Crippen molar-refractivity contribution in [2.24, 2.45) is 0 Å². The molecule has 0 radical (unpaired) electrons. The number of aryl methyl sites for hydroxylation is 1. The summed E-state index contributed by atoms with van der Waals surface area (Å²) in [5, 5.41) is 30.5. The minimum atomic E-state index is -0.320. The maximum atomic E-state index is 12.9. The number of hydrogen-bond acceptors (Lipinski definition) is 8. The van der Waals surface area contributed by atoms with Crippen molar-refractivity contribution in [2.75, 3.05) is 29.9 Å². The molecule has 4 aromatic heterocycles. The van der Waals surface area contributed by atoms with Gasteiger partial charge in [-0.15, -0.1) is 0 Å². The number of carbonyl (C=O) groups is 1. The third-order valence-corrected chi connectivity index (χ3v) is 8.19. The van der Waals surface area contributed by atoms with E-state index in [0.717, 1.165) is 72.5 Å². The molecule has 10 nitrogen and oxygen atoms in total. The summed E-state index contributed by atoms with van der Waals surface area (Å²) in [5.41, 5.74) is 4.52. The molecule has 4 aromatic rings. The second kappa shape index (κ2) is 9.92. The summed E-state index contributed by atoms with van der Waals surface area (Å²) in [7, 11) is 0. The number of aromatic nitrogens is 4. The predicted octanol–water partition coefficient (Wildman–Crippen LogP) is 3.70. The molecule has 1 saturated carbocycles. The number of rotatable bonds is 7. The first-order chi connectivity index (χ1) is 19.3. The van der Waals surface area contributed by atoms with Crippen molar-refractivity contribution in [1.82, 2.24) is 24.9 Å². The van der Waals surface area contributed by atoms with Gasteiger partial charge in [-0.1, -0.05) is 6.07 Å². The Morgan fingerprint density at radius 1 is 1.15 bits per heavy atom. The number of hydrogen-bond donors (Lipinski definition) is 3. The van der Waals surface area contributed by atoms with E-state index in [2.05, 4.69) is 38.6 Å². The van der Waals surface area contributed by atoms with Gasteiger partial charge in [0.15, 0.2) is 0 Å². The van der Waals surface area contributed by atoms with Crippen molar-refractivity contribution in [3.63, 3.8) is 0 Å². The summed E-state index contributed by atoms with van der Waals surface area (Å²) in [6, 6.07) is 12.0. The van der Waals surface area contributed by atoms with Crippen molar-refractivity contribution < 1.29 is 9.90 Å². The monoisotopic (exact) mass is 536 g/mol. The van der Waals surface area contributed by atoms with E-state index >= 15 is 0 Å². The lowest BCUT2D eigenvalue weighted by atomic mass is 9.89. The Hall–Kier alpha value is -4.49. The number of carbonyl (C=O) groups excluding carboxylic acids is 1. The van der Waals surface area contributed by atoms with Crippen LogP contribution in [0.5, 0.6) is 0 Å². The van der Waals surface area contributed by atoms with Crippen LogP contribution in [0.15, 0.2) is 55.1 Å². The molecule has 40 heavy (non-hydrogen) atoms. The number of nitrogens with zero attached hydrogens (tertiary/aromatic N) is 6. The van der Waals surface area contributed by atoms with Gasteiger partial charge in [-0.25, -0.2) is 9.50 Å². The van der Waals surface area contributed by atoms with Gasteiger partial charge in [0.1, 0.15) is 17.6 Å². The first-order valence-electron chi connectivity index (χ1n) is 13.6. The first-order valence-corrected chi connectivity index (χ1v) is 13.6. The molecule has 2 fully saturated rings. The van der Waals surface area contributed by atoms with E-state index in [0.29, 0.717) is 11.3 Å². The fourth-order valence-corrected chi connectivity index (χ4v) is 5.41. The number of piperidine rings is 1. The number of amides is 1. The van der Waals surface area contributed by atoms with E-state index < -0.39 is 0 Å². The zero-order valence-corrected chi connectivity index (χ0v) is 22.7. The van der Waals surface area contributed by atoms with Crippen LogP contribution in [0.2, 0.25) is 0 Å². The second-order valence-electron chi connectivity index (χ2n) is 11.2. The number of pyridine rings is 3. The molecule has 0 bridgehead atoms. The van der Waals surface area contributed by atoms with Gasteiger partial charge in [-0.2, -0.15) is 10.4 Å². The Morgan fingerprint density at radius 3 is 2.60 bits per heavy atom. The third kappa shape index (κ3) is 4.84. The van der Waals surface area contributed by atoms with Crippen molar-refractivity contribution in [2.45, 2.75) is 50.6 Å². The predicted molar refractivity (Wildman–Crippen MR) is 152 cm³/mol. The topological polar surface area (TPSA) is 131 Å². The fourth-order valence-electron chi connectivity index (χ4n) is 5.41. The van der Waals surface area contributed by atoms with Crippen molar-refractivity contribution in [3.8, 4) is 17.2 Å².